The molecule has 1 aliphatic heterocycles. The maximum absolute atomic E-state index is 5.21. The van der Waals surface area contributed by atoms with E-state index in [0.29, 0.717) is 24.7 Å². The Hall–Kier alpha value is -2.18. The van der Waals surface area contributed by atoms with Gasteiger partial charge in [0.15, 0.2) is 0 Å². The minimum Gasteiger partial charge on any atom is -0.395 e. The number of hydrogen-bond acceptors (Lipinski definition) is 6. The fourth-order valence-electron chi connectivity index (χ4n) is 1.68. The maximum atomic E-state index is 5.21. The highest BCUT2D eigenvalue weighted by Gasteiger charge is 2.19. The van der Waals surface area contributed by atoms with Crippen LogP contribution in [0.2, 0.25) is 0 Å². The first-order valence-electron chi connectivity index (χ1n) is 5.43. The van der Waals surface area contributed by atoms with Crippen molar-refractivity contribution in [1.82, 2.24) is 19.9 Å². The van der Waals surface area contributed by atoms with E-state index in [1.54, 1.807) is 10.9 Å². The lowest BCUT2D eigenvalue weighted by molar-refractivity contribution is 0.174. The van der Waals surface area contributed by atoms with Crippen molar-refractivity contribution in [2.45, 2.75) is 19.9 Å². The molecule has 7 heteroatoms. The zero-order valence-electron chi connectivity index (χ0n) is 9.33. The van der Waals surface area contributed by atoms with E-state index in [4.69, 9.17) is 9.36 Å². The van der Waals surface area contributed by atoms with Gasteiger partial charge in [0.2, 0.25) is 5.82 Å². The molecular formula is C10H11N5O2. The van der Waals surface area contributed by atoms with Crippen LogP contribution in [0.4, 0.5) is 0 Å². The molecule has 17 heavy (non-hydrogen) atoms. The van der Waals surface area contributed by atoms with E-state index in [1.165, 1.54) is 0 Å². The Bertz CT molecular complexity index is 557. The van der Waals surface area contributed by atoms with E-state index in [1.807, 2.05) is 13.0 Å². The van der Waals surface area contributed by atoms with Crippen LogP contribution < -0.4 is 0 Å². The molecule has 0 aliphatic carbocycles. The highest BCUT2D eigenvalue weighted by atomic mass is 16.6. The lowest BCUT2D eigenvalue weighted by Crippen LogP contribution is -2.01. The molecule has 0 saturated carbocycles. The van der Waals surface area contributed by atoms with E-state index >= 15 is 0 Å². The van der Waals surface area contributed by atoms with Crippen molar-refractivity contribution >= 4 is 5.71 Å². The van der Waals surface area contributed by atoms with Gasteiger partial charge in [-0.1, -0.05) is 10.3 Å². The molecule has 0 unspecified atom stereocenters. The SMILES string of the molecule is CCn1nccc1-c1nc(C2=NOCC2)no1. The summed E-state index contributed by atoms with van der Waals surface area (Å²) in [5, 5.41) is 11.9. The van der Waals surface area contributed by atoms with Crippen molar-refractivity contribution in [1.29, 1.82) is 0 Å². The summed E-state index contributed by atoms with van der Waals surface area (Å²) in [6.45, 7) is 3.33. The van der Waals surface area contributed by atoms with Gasteiger partial charge >= 0.3 is 0 Å². The van der Waals surface area contributed by atoms with Crippen LogP contribution in [-0.4, -0.2) is 32.2 Å². The van der Waals surface area contributed by atoms with Crippen LogP contribution in [0, 0.1) is 0 Å². The largest absolute Gasteiger partial charge is 0.395 e. The molecule has 0 spiro atoms. The van der Waals surface area contributed by atoms with Crippen molar-refractivity contribution in [3.8, 4) is 11.6 Å². The second kappa shape index (κ2) is 4.00. The Balaban J connectivity index is 1.94. The summed E-state index contributed by atoms with van der Waals surface area (Å²) in [4.78, 5) is 9.20. The lowest BCUT2D eigenvalue weighted by Gasteiger charge is -1.97. The van der Waals surface area contributed by atoms with E-state index in [9.17, 15) is 0 Å². The van der Waals surface area contributed by atoms with E-state index in [2.05, 4.69) is 20.4 Å². The number of rotatable bonds is 3. The summed E-state index contributed by atoms with van der Waals surface area (Å²) >= 11 is 0. The van der Waals surface area contributed by atoms with Crippen LogP contribution in [0.25, 0.3) is 11.6 Å². The fourth-order valence-corrected chi connectivity index (χ4v) is 1.68. The summed E-state index contributed by atoms with van der Waals surface area (Å²) < 4.78 is 7.00. The summed E-state index contributed by atoms with van der Waals surface area (Å²) in [6.07, 6.45) is 2.42. The quantitative estimate of drug-likeness (QED) is 0.792. The second-order valence-corrected chi connectivity index (χ2v) is 3.58. The van der Waals surface area contributed by atoms with Crippen molar-refractivity contribution in [3.63, 3.8) is 0 Å². The molecule has 0 saturated heterocycles. The molecule has 1 aliphatic rings. The lowest BCUT2D eigenvalue weighted by atomic mass is 10.3. The number of oxime groups is 1. The normalized spacial score (nSPS) is 14.8. The van der Waals surface area contributed by atoms with Gasteiger partial charge in [0, 0.05) is 19.2 Å². The van der Waals surface area contributed by atoms with E-state index in [-0.39, 0.29) is 0 Å². The molecule has 3 heterocycles. The van der Waals surface area contributed by atoms with Gasteiger partial charge in [-0.05, 0) is 13.0 Å². The molecule has 0 aromatic carbocycles. The number of aromatic nitrogens is 4. The molecule has 2 aromatic rings. The third-order valence-corrected chi connectivity index (χ3v) is 2.52. The predicted molar refractivity (Wildman–Crippen MR) is 58.3 cm³/mol. The fraction of sp³-hybridized carbons (Fsp3) is 0.400. The Morgan fingerprint density at radius 1 is 1.47 bits per heavy atom. The van der Waals surface area contributed by atoms with Crippen LogP contribution in [-0.2, 0) is 11.4 Å². The summed E-state index contributed by atoms with van der Waals surface area (Å²) in [7, 11) is 0. The van der Waals surface area contributed by atoms with Crippen LogP contribution >= 0.6 is 0 Å². The van der Waals surface area contributed by atoms with Gasteiger partial charge in [-0.2, -0.15) is 10.1 Å². The van der Waals surface area contributed by atoms with Gasteiger partial charge in [-0.15, -0.1) is 0 Å². The third-order valence-electron chi connectivity index (χ3n) is 2.52. The molecule has 7 nitrogen and oxygen atoms in total. The van der Waals surface area contributed by atoms with Gasteiger partial charge in [-0.3, -0.25) is 4.68 Å². The third kappa shape index (κ3) is 1.69. The van der Waals surface area contributed by atoms with Crippen LogP contribution in [0.1, 0.15) is 19.2 Å². The highest BCUT2D eigenvalue weighted by molar-refractivity contribution is 5.97. The van der Waals surface area contributed by atoms with Crippen LogP contribution in [0.3, 0.4) is 0 Å². The number of nitrogens with zero attached hydrogens (tertiary/aromatic N) is 5. The molecule has 0 amide bonds. The molecule has 3 rings (SSSR count). The Kier molecular flexibility index (Phi) is 2.36. The maximum Gasteiger partial charge on any atom is 0.276 e. The Labute approximate surface area is 97.1 Å². The van der Waals surface area contributed by atoms with Gasteiger partial charge in [-0.25, -0.2) is 0 Å². The van der Waals surface area contributed by atoms with Crippen molar-refractivity contribution < 1.29 is 9.36 Å². The monoisotopic (exact) mass is 233 g/mol. The topological polar surface area (TPSA) is 78.3 Å². The standard InChI is InChI=1S/C10H11N5O2/c1-2-15-8(3-5-11-15)10-12-9(14-17-10)7-4-6-16-13-7/h3,5H,2,4,6H2,1H3. The summed E-state index contributed by atoms with van der Waals surface area (Å²) in [5.74, 6) is 0.940. The first-order valence-corrected chi connectivity index (χ1v) is 5.43. The predicted octanol–water partition coefficient (Wildman–Crippen LogP) is 1.08. The first-order chi connectivity index (χ1) is 8.38. The van der Waals surface area contributed by atoms with Crippen molar-refractivity contribution in [2.24, 2.45) is 5.16 Å². The van der Waals surface area contributed by atoms with Crippen LogP contribution in [0.5, 0.6) is 0 Å². The van der Waals surface area contributed by atoms with Gasteiger partial charge in [0.25, 0.3) is 5.89 Å². The molecule has 0 fully saturated rings. The van der Waals surface area contributed by atoms with E-state index < -0.39 is 0 Å². The molecule has 88 valence electrons. The molecule has 0 bridgehead atoms. The average molecular weight is 233 g/mol. The molecular weight excluding hydrogens is 222 g/mol. The molecule has 0 N–H and O–H groups in total. The zero-order valence-corrected chi connectivity index (χ0v) is 9.33. The van der Waals surface area contributed by atoms with Gasteiger partial charge < -0.3 is 9.36 Å². The molecule has 0 radical (unpaired) electrons. The van der Waals surface area contributed by atoms with Crippen molar-refractivity contribution in [2.75, 3.05) is 6.61 Å². The minimum atomic E-state index is 0.453. The number of hydrogen-bond donors (Lipinski definition) is 0. The average Bonchev–Trinajstić information content (AvgIpc) is 3.09. The molecule has 0 atom stereocenters. The smallest absolute Gasteiger partial charge is 0.276 e. The minimum absolute atomic E-state index is 0.453. The number of aryl methyl sites for hydroxylation is 1. The van der Waals surface area contributed by atoms with Crippen LogP contribution in [0.15, 0.2) is 21.9 Å². The Morgan fingerprint density at radius 2 is 2.41 bits per heavy atom. The van der Waals surface area contributed by atoms with Gasteiger partial charge in [0.05, 0.1) is 0 Å². The zero-order chi connectivity index (χ0) is 11.7. The first kappa shape index (κ1) is 10.0. The molecule has 2 aromatic heterocycles. The second-order valence-electron chi connectivity index (χ2n) is 3.58. The summed E-state index contributed by atoms with van der Waals surface area (Å²) in [5.41, 5.74) is 1.54. The summed E-state index contributed by atoms with van der Waals surface area (Å²) in [6, 6.07) is 1.84. The Morgan fingerprint density at radius 3 is 3.18 bits per heavy atom. The highest BCUT2D eigenvalue weighted by Crippen LogP contribution is 2.18. The van der Waals surface area contributed by atoms with E-state index in [0.717, 1.165) is 18.0 Å². The van der Waals surface area contributed by atoms with Crippen molar-refractivity contribution in [3.05, 3.63) is 18.1 Å². The van der Waals surface area contributed by atoms with Gasteiger partial charge in [0.1, 0.15) is 18.0 Å².